The van der Waals surface area contributed by atoms with Gasteiger partial charge in [0.2, 0.25) is 0 Å². The number of amides is 2. The predicted octanol–water partition coefficient (Wildman–Crippen LogP) is 3.60. The second kappa shape index (κ2) is 8.71. The van der Waals surface area contributed by atoms with Crippen molar-refractivity contribution in [2.45, 2.75) is 20.4 Å². The molecule has 0 atom stereocenters. The molecule has 0 aliphatic carbocycles. The van der Waals surface area contributed by atoms with Gasteiger partial charge in [0.1, 0.15) is 17.3 Å². The molecule has 0 saturated heterocycles. The van der Waals surface area contributed by atoms with Crippen molar-refractivity contribution in [1.82, 2.24) is 14.8 Å². The summed E-state index contributed by atoms with van der Waals surface area (Å²) in [7, 11) is 0. The number of nitriles is 1. The number of rotatable bonds is 5. The van der Waals surface area contributed by atoms with Gasteiger partial charge < -0.3 is 11.1 Å². The van der Waals surface area contributed by atoms with Crippen molar-refractivity contribution in [3.63, 3.8) is 0 Å². The second-order valence-electron chi connectivity index (χ2n) is 7.66. The number of hydrogen-bond acceptors (Lipinski definition) is 5. The van der Waals surface area contributed by atoms with E-state index in [-0.39, 0.29) is 28.9 Å². The topological polar surface area (TPSA) is 127 Å². The van der Waals surface area contributed by atoms with Crippen molar-refractivity contribution in [3.05, 3.63) is 87.9 Å². The fourth-order valence-corrected chi connectivity index (χ4v) is 3.63. The Kier molecular flexibility index (Phi) is 5.77. The van der Waals surface area contributed by atoms with Gasteiger partial charge in [0, 0.05) is 17.0 Å². The molecule has 0 unspecified atom stereocenters. The van der Waals surface area contributed by atoms with Crippen LogP contribution in [0.1, 0.15) is 43.4 Å². The average Bonchev–Trinajstić information content (AvgIpc) is 3.06. The molecule has 2 heterocycles. The van der Waals surface area contributed by atoms with E-state index >= 15 is 0 Å². The number of nitrogens with one attached hydrogen (secondary N) is 1. The second-order valence-corrected chi connectivity index (χ2v) is 7.66. The molecule has 0 aliphatic rings. The molecule has 0 spiro atoms. The summed E-state index contributed by atoms with van der Waals surface area (Å²) in [6, 6.07) is 11.0. The summed E-state index contributed by atoms with van der Waals surface area (Å²) in [5.41, 5.74) is 7.35. The zero-order valence-corrected chi connectivity index (χ0v) is 18.2. The molecule has 4 rings (SSSR count). The minimum atomic E-state index is -0.857. The Hall–Kier alpha value is -4.65. The number of pyridine rings is 1. The van der Waals surface area contributed by atoms with E-state index in [0.29, 0.717) is 28.0 Å². The van der Waals surface area contributed by atoms with E-state index < -0.39 is 23.4 Å². The zero-order chi connectivity index (χ0) is 24.6. The number of halogens is 2. The number of carbonyl (C=O) groups excluding carboxylic acids is 2. The smallest absolute Gasteiger partial charge is 0.267 e. The van der Waals surface area contributed by atoms with E-state index in [1.807, 2.05) is 6.07 Å². The maximum absolute atomic E-state index is 14.3. The van der Waals surface area contributed by atoms with Crippen LogP contribution in [-0.4, -0.2) is 26.6 Å². The molecule has 10 heteroatoms. The number of nitrogens with two attached hydrogens (primary N) is 1. The van der Waals surface area contributed by atoms with Gasteiger partial charge in [-0.15, -0.1) is 0 Å². The number of primary amides is 1. The lowest BCUT2D eigenvalue weighted by molar-refractivity contribution is 0.0996. The first-order valence-electron chi connectivity index (χ1n) is 10.1. The van der Waals surface area contributed by atoms with Gasteiger partial charge in [-0.05, 0) is 44.2 Å². The lowest BCUT2D eigenvalue weighted by Gasteiger charge is -2.11. The number of hydrogen-bond donors (Lipinski definition) is 2. The molecule has 2 aromatic carbocycles. The third kappa shape index (κ3) is 4.19. The van der Waals surface area contributed by atoms with Crippen molar-refractivity contribution in [2.75, 3.05) is 5.32 Å². The molecule has 170 valence electrons. The Bertz CT molecular complexity index is 1520. The van der Waals surface area contributed by atoms with E-state index in [1.54, 1.807) is 13.8 Å². The van der Waals surface area contributed by atoms with Crippen molar-refractivity contribution >= 4 is 28.4 Å². The standard InChI is InChI=1S/C24H18F2N6O2/c1-12-22(13(2)32(31-12)11-15-4-3-14(10-27)7-19(15)26)30-24(34)18-9-21(23(28)33)29-20-8-16(25)5-6-17(18)20/h3-9H,11H2,1-2H3,(H2,28,33)(H,30,34). The summed E-state index contributed by atoms with van der Waals surface area (Å²) < 4.78 is 29.6. The Labute approximate surface area is 192 Å². The van der Waals surface area contributed by atoms with Crippen molar-refractivity contribution in [3.8, 4) is 6.07 Å². The molecule has 34 heavy (non-hydrogen) atoms. The number of fused-ring (bicyclic) bond motifs is 1. The first-order valence-corrected chi connectivity index (χ1v) is 10.1. The van der Waals surface area contributed by atoms with E-state index in [2.05, 4.69) is 15.4 Å². The van der Waals surface area contributed by atoms with Gasteiger partial charge in [-0.3, -0.25) is 14.3 Å². The highest BCUT2D eigenvalue weighted by Crippen LogP contribution is 2.25. The number of carbonyl (C=O) groups is 2. The van der Waals surface area contributed by atoms with Gasteiger partial charge in [0.15, 0.2) is 0 Å². The van der Waals surface area contributed by atoms with Crippen LogP contribution in [-0.2, 0) is 6.54 Å². The van der Waals surface area contributed by atoms with Gasteiger partial charge >= 0.3 is 0 Å². The molecule has 2 amide bonds. The lowest BCUT2D eigenvalue weighted by atomic mass is 10.1. The summed E-state index contributed by atoms with van der Waals surface area (Å²) in [5, 5.41) is 16.4. The van der Waals surface area contributed by atoms with Crippen LogP contribution in [0.2, 0.25) is 0 Å². The lowest BCUT2D eigenvalue weighted by Crippen LogP contribution is -2.18. The number of benzene rings is 2. The van der Waals surface area contributed by atoms with Crippen LogP contribution in [0.4, 0.5) is 14.5 Å². The fourth-order valence-electron chi connectivity index (χ4n) is 3.63. The molecule has 0 bridgehead atoms. The van der Waals surface area contributed by atoms with E-state index in [1.165, 1.54) is 35.0 Å². The molecule has 4 aromatic rings. The first-order chi connectivity index (χ1) is 16.2. The quantitative estimate of drug-likeness (QED) is 0.471. The molecule has 2 aromatic heterocycles. The number of nitrogens with zero attached hydrogens (tertiary/aromatic N) is 4. The number of aromatic nitrogens is 3. The van der Waals surface area contributed by atoms with Crippen LogP contribution in [0.25, 0.3) is 10.9 Å². The van der Waals surface area contributed by atoms with Crippen LogP contribution in [0, 0.1) is 36.8 Å². The molecule has 8 nitrogen and oxygen atoms in total. The van der Waals surface area contributed by atoms with Gasteiger partial charge in [-0.2, -0.15) is 10.4 Å². The number of aryl methyl sites for hydroxylation is 1. The van der Waals surface area contributed by atoms with Crippen molar-refractivity contribution < 1.29 is 18.4 Å². The highest BCUT2D eigenvalue weighted by molar-refractivity contribution is 6.14. The summed E-state index contributed by atoms with van der Waals surface area (Å²) in [4.78, 5) is 28.9. The largest absolute Gasteiger partial charge is 0.364 e. The van der Waals surface area contributed by atoms with Crippen LogP contribution in [0.3, 0.4) is 0 Å². The van der Waals surface area contributed by atoms with E-state index in [0.717, 1.165) is 12.1 Å². The van der Waals surface area contributed by atoms with Crippen molar-refractivity contribution in [1.29, 1.82) is 5.26 Å². The van der Waals surface area contributed by atoms with Crippen LogP contribution < -0.4 is 11.1 Å². The van der Waals surface area contributed by atoms with Crippen LogP contribution >= 0.6 is 0 Å². The maximum Gasteiger partial charge on any atom is 0.267 e. The Morgan fingerprint density at radius 1 is 1.15 bits per heavy atom. The Balaban J connectivity index is 1.68. The third-order valence-corrected chi connectivity index (χ3v) is 5.39. The normalized spacial score (nSPS) is 10.8. The summed E-state index contributed by atoms with van der Waals surface area (Å²) >= 11 is 0. The maximum atomic E-state index is 14.3. The molecular weight excluding hydrogens is 442 g/mol. The minimum Gasteiger partial charge on any atom is -0.364 e. The van der Waals surface area contributed by atoms with Gasteiger partial charge in [-0.25, -0.2) is 13.8 Å². The fraction of sp³-hybridized carbons (Fsp3) is 0.125. The molecule has 0 fully saturated rings. The van der Waals surface area contributed by atoms with Crippen molar-refractivity contribution in [2.24, 2.45) is 5.73 Å². The predicted molar refractivity (Wildman–Crippen MR) is 120 cm³/mol. The van der Waals surface area contributed by atoms with Crippen LogP contribution in [0.15, 0.2) is 42.5 Å². The van der Waals surface area contributed by atoms with E-state index in [9.17, 15) is 18.4 Å². The molecule has 0 aliphatic heterocycles. The summed E-state index contributed by atoms with van der Waals surface area (Å²) in [6.07, 6.45) is 0. The van der Waals surface area contributed by atoms with Gasteiger partial charge in [-0.1, -0.05) is 6.07 Å². The first kappa shape index (κ1) is 22.5. The monoisotopic (exact) mass is 460 g/mol. The average molecular weight is 460 g/mol. The minimum absolute atomic E-state index is 0.0866. The SMILES string of the molecule is Cc1nn(Cc2ccc(C#N)cc2F)c(C)c1NC(=O)c1cc(C(N)=O)nc2cc(F)ccc12. The molecular formula is C24H18F2N6O2. The number of anilines is 1. The van der Waals surface area contributed by atoms with Crippen LogP contribution in [0.5, 0.6) is 0 Å². The highest BCUT2D eigenvalue weighted by Gasteiger charge is 2.20. The Morgan fingerprint density at radius 3 is 2.59 bits per heavy atom. The molecule has 0 saturated carbocycles. The third-order valence-electron chi connectivity index (χ3n) is 5.39. The van der Waals surface area contributed by atoms with Gasteiger partial charge in [0.05, 0.1) is 46.3 Å². The Morgan fingerprint density at radius 2 is 1.91 bits per heavy atom. The van der Waals surface area contributed by atoms with Gasteiger partial charge in [0.25, 0.3) is 11.8 Å². The molecule has 0 radical (unpaired) electrons. The van der Waals surface area contributed by atoms with E-state index in [4.69, 9.17) is 11.0 Å². The zero-order valence-electron chi connectivity index (χ0n) is 18.2. The summed E-state index contributed by atoms with van der Waals surface area (Å²) in [6.45, 7) is 3.48. The highest BCUT2D eigenvalue weighted by atomic mass is 19.1. The summed E-state index contributed by atoms with van der Waals surface area (Å²) in [5.74, 6) is -2.54. The molecule has 3 N–H and O–H groups in total.